The van der Waals surface area contributed by atoms with E-state index in [1.165, 1.54) is 24.3 Å². The van der Waals surface area contributed by atoms with E-state index >= 15 is 4.39 Å². The van der Waals surface area contributed by atoms with E-state index in [9.17, 15) is 13.9 Å². The van der Waals surface area contributed by atoms with E-state index in [1.54, 1.807) is 12.1 Å². The second-order valence-electron chi connectivity index (χ2n) is 12.7. The summed E-state index contributed by atoms with van der Waals surface area (Å²) in [6, 6.07) is 9.65. The Morgan fingerprint density at radius 2 is 1.89 bits per heavy atom. The summed E-state index contributed by atoms with van der Waals surface area (Å²) in [6.07, 6.45) is 9.10. The summed E-state index contributed by atoms with van der Waals surface area (Å²) in [5.74, 6) is 1.62. The monoisotopic (exact) mass is 599 g/mol. The smallest absolute Gasteiger partial charge is 0.319 e. The number of fused-ring (bicyclic) bond motifs is 5. The Morgan fingerprint density at radius 3 is 2.68 bits per heavy atom. The number of nitrogens with zero attached hydrogens (tertiary/aromatic N) is 4. The Hall–Kier alpha value is -4.07. The number of aromatic hydroxyl groups is 1. The topological polar surface area (TPSA) is 73.8 Å². The Balaban J connectivity index is 1.28. The molecule has 5 heterocycles. The fourth-order valence-electron chi connectivity index (χ4n) is 8.04. The van der Waals surface area contributed by atoms with Crippen LogP contribution in [0.4, 0.5) is 19.0 Å². The van der Waals surface area contributed by atoms with Crippen LogP contribution in [0.1, 0.15) is 37.7 Å². The summed E-state index contributed by atoms with van der Waals surface area (Å²) in [5, 5.41) is 15.5. The third-order valence-corrected chi connectivity index (χ3v) is 10.00. The largest absolute Gasteiger partial charge is 0.508 e. The molecule has 0 amide bonds. The first-order valence-electron chi connectivity index (χ1n) is 15.3. The van der Waals surface area contributed by atoms with Gasteiger partial charge in [0.25, 0.3) is 0 Å². The van der Waals surface area contributed by atoms with Crippen molar-refractivity contribution in [2.75, 3.05) is 37.7 Å². The zero-order valence-electron chi connectivity index (χ0n) is 24.1. The van der Waals surface area contributed by atoms with Gasteiger partial charge >= 0.3 is 6.01 Å². The third-order valence-electron chi connectivity index (χ3n) is 10.00. The quantitative estimate of drug-likeness (QED) is 0.301. The van der Waals surface area contributed by atoms with Gasteiger partial charge in [0.2, 0.25) is 0 Å². The van der Waals surface area contributed by atoms with Crippen molar-refractivity contribution in [1.82, 2.24) is 20.2 Å². The van der Waals surface area contributed by atoms with Crippen LogP contribution in [0.15, 0.2) is 36.4 Å². The Morgan fingerprint density at radius 1 is 1.07 bits per heavy atom. The molecule has 10 heteroatoms. The Labute approximate surface area is 253 Å². The number of terminal acetylenes is 1. The number of aromatic nitrogens is 2. The Kier molecular flexibility index (Phi) is 6.40. The molecular formula is C34H32F3N5O2. The van der Waals surface area contributed by atoms with Gasteiger partial charge in [0.1, 0.15) is 35.7 Å². The van der Waals surface area contributed by atoms with Gasteiger partial charge in [0.05, 0.1) is 11.1 Å². The molecule has 4 aliphatic rings. The fraction of sp³-hybridized carbons (Fsp3) is 0.412. The van der Waals surface area contributed by atoms with E-state index in [0.717, 1.165) is 32.2 Å². The predicted octanol–water partition coefficient (Wildman–Crippen LogP) is 5.31. The number of ether oxygens (including phenoxy) is 1. The Bertz CT molecular complexity index is 1850. The van der Waals surface area contributed by atoms with Gasteiger partial charge in [-0.3, -0.25) is 4.90 Å². The highest BCUT2D eigenvalue weighted by Crippen LogP contribution is 2.42. The minimum atomic E-state index is -0.904. The number of nitrogens with one attached hydrogen (secondary N) is 1. The van der Waals surface area contributed by atoms with Crippen LogP contribution in [0, 0.1) is 24.0 Å². The first kappa shape index (κ1) is 27.5. The summed E-state index contributed by atoms with van der Waals surface area (Å²) in [7, 11) is 0. The number of hydrogen-bond acceptors (Lipinski definition) is 7. The van der Waals surface area contributed by atoms with Crippen LogP contribution in [-0.4, -0.2) is 76.6 Å². The highest BCUT2D eigenvalue weighted by Gasteiger charge is 2.49. The van der Waals surface area contributed by atoms with Crippen molar-refractivity contribution in [2.24, 2.45) is 0 Å². The first-order chi connectivity index (χ1) is 21.3. The second-order valence-corrected chi connectivity index (χ2v) is 12.7. The minimum Gasteiger partial charge on any atom is -0.508 e. The van der Waals surface area contributed by atoms with Crippen molar-refractivity contribution < 1.29 is 23.0 Å². The van der Waals surface area contributed by atoms with Crippen molar-refractivity contribution in [3.05, 3.63) is 53.6 Å². The van der Waals surface area contributed by atoms with Crippen LogP contribution in [0.5, 0.6) is 11.8 Å². The molecule has 4 saturated heterocycles. The second kappa shape index (κ2) is 10.2. The van der Waals surface area contributed by atoms with Crippen LogP contribution in [-0.2, 0) is 0 Å². The molecule has 2 N–H and O–H groups in total. The van der Waals surface area contributed by atoms with Gasteiger partial charge in [-0.05, 0) is 67.4 Å². The average molecular weight is 600 g/mol. The highest BCUT2D eigenvalue weighted by molar-refractivity contribution is 6.04. The molecule has 4 fully saturated rings. The molecule has 0 saturated carbocycles. The van der Waals surface area contributed by atoms with Crippen LogP contribution in [0.3, 0.4) is 0 Å². The number of anilines is 1. The molecule has 0 radical (unpaired) electrons. The third kappa shape index (κ3) is 4.36. The molecule has 44 heavy (non-hydrogen) atoms. The lowest BCUT2D eigenvalue weighted by Crippen LogP contribution is -2.51. The van der Waals surface area contributed by atoms with Gasteiger partial charge < -0.3 is 20.1 Å². The molecule has 4 atom stereocenters. The maximum absolute atomic E-state index is 16.8. The summed E-state index contributed by atoms with van der Waals surface area (Å²) in [6.45, 7) is 2.87. The van der Waals surface area contributed by atoms with Crippen molar-refractivity contribution in [2.45, 2.75) is 55.9 Å². The molecule has 4 aliphatic heterocycles. The summed E-state index contributed by atoms with van der Waals surface area (Å²) in [4.78, 5) is 13.7. The molecule has 0 spiro atoms. The fourth-order valence-corrected chi connectivity index (χ4v) is 8.04. The van der Waals surface area contributed by atoms with Crippen LogP contribution in [0.25, 0.3) is 32.8 Å². The van der Waals surface area contributed by atoms with E-state index < -0.39 is 23.3 Å². The summed E-state index contributed by atoms with van der Waals surface area (Å²) < 4.78 is 52.3. The van der Waals surface area contributed by atoms with Gasteiger partial charge in [-0.25, -0.2) is 13.2 Å². The normalized spacial score (nSPS) is 26.4. The van der Waals surface area contributed by atoms with Gasteiger partial charge in [0.15, 0.2) is 5.82 Å². The zero-order valence-corrected chi connectivity index (χ0v) is 24.1. The molecule has 2 bridgehead atoms. The van der Waals surface area contributed by atoms with Crippen LogP contribution >= 0.6 is 0 Å². The van der Waals surface area contributed by atoms with Crippen LogP contribution in [0.2, 0.25) is 0 Å². The lowest BCUT2D eigenvalue weighted by Gasteiger charge is -2.34. The average Bonchev–Trinajstić information content (AvgIpc) is 3.66. The zero-order chi connectivity index (χ0) is 30.2. The number of phenolic OH excluding ortho intramolecular Hbond substituents is 1. The molecule has 0 aliphatic carbocycles. The van der Waals surface area contributed by atoms with Crippen molar-refractivity contribution in [3.8, 4) is 35.2 Å². The SMILES string of the molecule is C#Cc1c(F)ccc2cc(O)cc(-c3ccc4c(N5C[C@H]6CC[C@@H](C5)N6)nc(OC[C@@]56CCCN5C[C@H](F)C6)nc4c3F)c12. The van der Waals surface area contributed by atoms with Gasteiger partial charge in [0, 0.05) is 54.5 Å². The molecule has 7 nitrogen and oxygen atoms in total. The number of phenols is 1. The maximum atomic E-state index is 16.8. The van der Waals surface area contributed by atoms with E-state index in [2.05, 4.69) is 26.0 Å². The van der Waals surface area contributed by atoms with Crippen molar-refractivity contribution in [1.29, 1.82) is 0 Å². The lowest BCUT2D eigenvalue weighted by atomic mass is 9.93. The van der Waals surface area contributed by atoms with E-state index in [4.69, 9.17) is 16.1 Å². The molecule has 3 aromatic carbocycles. The molecule has 8 rings (SSSR count). The number of alkyl halides is 1. The highest BCUT2D eigenvalue weighted by atomic mass is 19.1. The number of rotatable bonds is 5. The molecular weight excluding hydrogens is 567 g/mol. The number of piperazine rings is 1. The number of hydrogen-bond donors (Lipinski definition) is 2. The number of halogens is 3. The summed E-state index contributed by atoms with van der Waals surface area (Å²) >= 11 is 0. The van der Waals surface area contributed by atoms with Crippen LogP contribution < -0.4 is 15.0 Å². The molecule has 4 aromatic rings. The van der Waals surface area contributed by atoms with Gasteiger partial charge in [-0.15, -0.1) is 6.42 Å². The van der Waals surface area contributed by atoms with E-state index in [-0.39, 0.29) is 40.6 Å². The standard InChI is InChI=1S/C34H32F3N5O2/c1-2-24-28(36)9-4-19-12-23(43)13-27(29(19)24)25-7-8-26-31(30(25)37)39-33(40-32(26)41-16-21-5-6-22(17-41)38-21)44-18-34-10-3-11-42(34)15-20(35)14-34/h1,4,7-9,12-13,20-22,38,43H,3,5-6,10-11,14-18H2/t20-,21-,22+,34+/m1/s1. The maximum Gasteiger partial charge on any atom is 0.319 e. The van der Waals surface area contributed by atoms with E-state index in [0.29, 0.717) is 60.1 Å². The lowest BCUT2D eigenvalue weighted by molar-refractivity contribution is 0.107. The first-order valence-corrected chi connectivity index (χ1v) is 15.3. The molecule has 1 aromatic heterocycles. The van der Waals surface area contributed by atoms with Gasteiger partial charge in [-0.1, -0.05) is 18.1 Å². The minimum absolute atomic E-state index is 0.0104. The number of benzene rings is 3. The van der Waals surface area contributed by atoms with Crippen molar-refractivity contribution >= 4 is 27.5 Å². The molecule has 0 unspecified atom stereocenters. The van der Waals surface area contributed by atoms with E-state index in [1.807, 2.05) is 0 Å². The van der Waals surface area contributed by atoms with Crippen molar-refractivity contribution in [3.63, 3.8) is 0 Å². The van der Waals surface area contributed by atoms with Gasteiger partial charge in [-0.2, -0.15) is 9.97 Å². The molecule has 226 valence electrons. The summed E-state index contributed by atoms with van der Waals surface area (Å²) in [5.41, 5.74) is 0.00827. The predicted molar refractivity (Wildman–Crippen MR) is 163 cm³/mol.